The zero-order valence-corrected chi connectivity index (χ0v) is 11.1. The average Bonchev–Trinajstić information content (AvgIpc) is 2.37. The number of benzene rings is 1. The molecule has 1 aromatic rings. The Kier molecular flexibility index (Phi) is 3.79. The third-order valence-electron chi connectivity index (χ3n) is 3.04. The molecule has 0 spiro atoms. The fourth-order valence-electron chi connectivity index (χ4n) is 2.17. The molecule has 0 unspecified atom stereocenters. The van der Waals surface area contributed by atoms with Gasteiger partial charge in [0.1, 0.15) is 0 Å². The van der Waals surface area contributed by atoms with Crippen molar-refractivity contribution in [3.05, 3.63) is 34.3 Å². The van der Waals surface area contributed by atoms with Crippen LogP contribution in [0.15, 0.2) is 18.2 Å². The van der Waals surface area contributed by atoms with Gasteiger partial charge in [-0.3, -0.25) is 9.59 Å². The van der Waals surface area contributed by atoms with Gasteiger partial charge in [-0.05, 0) is 36.6 Å². The number of anilines is 1. The number of nitrogens with zero attached hydrogens (tertiary/aromatic N) is 3. The van der Waals surface area contributed by atoms with E-state index in [1.54, 1.807) is 18.2 Å². The monoisotopic (exact) mass is 277 g/mol. The number of carbonyl (C=O) groups is 2. The molecule has 0 saturated heterocycles. The van der Waals surface area contributed by atoms with Crippen molar-refractivity contribution < 1.29 is 14.4 Å². The standard InChI is InChI=1S/C13H12ClN3O2/c1-8(18)12(16-15)13(19)17-6-2-3-9-7-10(14)4-5-11(9)17/h4-5,7H,2-3,6H2,1H3. The van der Waals surface area contributed by atoms with Crippen molar-refractivity contribution in [3.8, 4) is 0 Å². The molecule has 0 radical (unpaired) electrons. The first-order valence-corrected chi connectivity index (χ1v) is 6.25. The summed E-state index contributed by atoms with van der Waals surface area (Å²) in [6.45, 7) is 1.68. The summed E-state index contributed by atoms with van der Waals surface area (Å²) < 4.78 is 0. The van der Waals surface area contributed by atoms with E-state index < -0.39 is 17.4 Å². The minimum Gasteiger partial charge on any atom is -0.360 e. The van der Waals surface area contributed by atoms with Gasteiger partial charge in [-0.25, -0.2) is 0 Å². The first kappa shape index (κ1) is 13.5. The highest BCUT2D eigenvalue weighted by Gasteiger charge is 2.33. The third-order valence-corrected chi connectivity index (χ3v) is 3.28. The highest BCUT2D eigenvalue weighted by atomic mass is 35.5. The highest BCUT2D eigenvalue weighted by Crippen LogP contribution is 2.29. The van der Waals surface area contributed by atoms with Gasteiger partial charge in [0.2, 0.25) is 5.78 Å². The SMILES string of the molecule is CC(=O)C(=[N+]=[N-])C(=O)N1CCCc2cc(Cl)ccc21. The fourth-order valence-corrected chi connectivity index (χ4v) is 2.36. The molecule has 2 rings (SSSR count). The Morgan fingerprint density at radius 3 is 2.79 bits per heavy atom. The molecule has 98 valence electrons. The molecule has 6 heteroatoms. The van der Waals surface area contributed by atoms with E-state index in [4.69, 9.17) is 17.1 Å². The van der Waals surface area contributed by atoms with Crippen molar-refractivity contribution in [2.24, 2.45) is 0 Å². The van der Waals surface area contributed by atoms with Crippen LogP contribution in [0.2, 0.25) is 5.02 Å². The van der Waals surface area contributed by atoms with Gasteiger partial charge >= 0.3 is 11.6 Å². The number of halogens is 1. The molecule has 0 aliphatic carbocycles. The van der Waals surface area contributed by atoms with E-state index in [-0.39, 0.29) is 0 Å². The molecule has 19 heavy (non-hydrogen) atoms. The lowest BCUT2D eigenvalue weighted by Gasteiger charge is -2.27. The van der Waals surface area contributed by atoms with Gasteiger partial charge in [-0.1, -0.05) is 11.6 Å². The number of rotatable bonds is 2. The lowest BCUT2D eigenvalue weighted by molar-refractivity contribution is -0.123. The summed E-state index contributed by atoms with van der Waals surface area (Å²) >= 11 is 5.92. The van der Waals surface area contributed by atoms with Gasteiger partial charge < -0.3 is 10.4 Å². The van der Waals surface area contributed by atoms with Gasteiger partial charge in [0.15, 0.2) is 0 Å². The summed E-state index contributed by atoms with van der Waals surface area (Å²) in [4.78, 5) is 27.7. The Bertz CT molecular complexity index is 606. The quantitative estimate of drug-likeness (QED) is 0.358. The molecule has 1 aliphatic heterocycles. The number of aryl methyl sites for hydroxylation is 1. The summed E-state index contributed by atoms with van der Waals surface area (Å²) in [6, 6.07) is 5.24. The topological polar surface area (TPSA) is 73.8 Å². The molecule has 1 heterocycles. The maximum Gasteiger partial charge on any atom is 0.421 e. The maximum absolute atomic E-state index is 12.2. The van der Waals surface area contributed by atoms with Gasteiger partial charge in [-0.15, -0.1) is 0 Å². The molecule has 1 aromatic carbocycles. The summed E-state index contributed by atoms with van der Waals surface area (Å²) in [5.74, 6) is -1.15. The zero-order chi connectivity index (χ0) is 14.0. The minimum atomic E-state index is -0.585. The van der Waals surface area contributed by atoms with Crippen LogP contribution in [0.3, 0.4) is 0 Å². The van der Waals surface area contributed by atoms with E-state index in [1.807, 2.05) is 0 Å². The van der Waals surface area contributed by atoms with E-state index in [0.29, 0.717) is 17.3 Å². The van der Waals surface area contributed by atoms with Crippen molar-refractivity contribution in [3.63, 3.8) is 0 Å². The second kappa shape index (κ2) is 5.34. The van der Waals surface area contributed by atoms with Gasteiger partial charge in [0.05, 0.1) is 0 Å². The van der Waals surface area contributed by atoms with Gasteiger partial charge in [0.25, 0.3) is 0 Å². The number of hydrogen-bond acceptors (Lipinski definition) is 2. The average molecular weight is 278 g/mol. The predicted molar refractivity (Wildman–Crippen MR) is 71.4 cm³/mol. The summed E-state index contributed by atoms with van der Waals surface area (Å²) in [6.07, 6.45) is 1.60. The molecule has 1 aliphatic rings. The molecule has 0 bridgehead atoms. The number of ketones is 1. The first-order chi connectivity index (χ1) is 9.04. The van der Waals surface area contributed by atoms with Crippen LogP contribution < -0.4 is 4.90 Å². The van der Waals surface area contributed by atoms with E-state index in [9.17, 15) is 9.59 Å². The number of fused-ring (bicyclic) bond motifs is 1. The smallest absolute Gasteiger partial charge is 0.360 e. The van der Waals surface area contributed by atoms with E-state index in [1.165, 1.54) is 11.8 Å². The molecule has 0 fully saturated rings. The molecule has 0 aromatic heterocycles. The van der Waals surface area contributed by atoms with Crippen molar-refractivity contribution in [1.82, 2.24) is 0 Å². The van der Waals surface area contributed by atoms with Crippen molar-refractivity contribution in [2.75, 3.05) is 11.4 Å². The third kappa shape index (κ3) is 2.57. The Labute approximate surface area is 115 Å². The van der Waals surface area contributed by atoms with Crippen LogP contribution in [-0.4, -0.2) is 28.7 Å². The molecule has 1 amide bonds. The minimum absolute atomic E-state index is 0.456. The summed E-state index contributed by atoms with van der Waals surface area (Å²) in [7, 11) is 0. The molecule has 0 atom stereocenters. The van der Waals surface area contributed by atoms with Crippen LogP contribution in [-0.2, 0) is 16.0 Å². The van der Waals surface area contributed by atoms with Crippen LogP contribution in [0.5, 0.6) is 0 Å². The van der Waals surface area contributed by atoms with Crippen LogP contribution >= 0.6 is 11.6 Å². The van der Waals surface area contributed by atoms with Crippen molar-refractivity contribution in [1.29, 1.82) is 0 Å². The lowest BCUT2D eigenvalue weighted by Crippen LogP contribution is -2.42. The zero-order valence-electron chi connectivity index (χ0n) is 10.4. The molecule has 0 saturated carbocycles. The Morgan fingerprint density at radius 1 is 1.42 bits per heavy atom. The first-order valence-electron chi connectivity index (χ1n) is 5.88. The van der Waals surface area contributed by atoms with Gasteiger partial charge in [0, 0.05) is 24.2 Å². The molecule has 5 nitrogen and oxygen atoms in total. The summed E-state index contributed by atoms with van der Waals surface area (Å²) in [5, 5.41) is 0.607. The Balaban J connectivity index is 2.42. The normalized spacial score (nSPS) is 13.5. The number of Topliss-reactive ketones (excluding diaryl/α,β-unsaturated/α-hetero) is 1. The largest absolute Gasteiger partial charge is 0.421 e. The second-order valence-corrected chi connectivity index (χ2v) is 4.77. The lowest BCUT2D eigenvalue weighted by atomic mass is 10.0. The summed E-state index contributed by atoms with van der Waals surface area (Å²) in [5.41, 5.74) is 10.00. The number of carbonyl (C=O) groups excluding carboxylic acids is 2. The highest BCUT2D eigenvalue weighted by molar-refractivity contribution is 6.65. The van der Waals surface area contributed by atoms with Crippen LogP contribution in [0.1, 0.15) is 18.9 Å². The fraction of sp³-hybridized carbons (Fsp3) is 0.308. The Morgan fingerprint density at radius 2 is 2.16 bits per heavy atom. The van der Waals surface area contributed by atoms with E-state index in [0.717, 1.165) is 18.4 Å². The van der Waals surface area contributed by atoms with Gasteiger partial charge in [-0.2, -0.15) is 4.79 Å². The van der Waals surface area contributed by atoms with Crippen molar-refractivity contribution >= 4 is 34.7 Å². The molecular weight excluding hydrogens is 266 g/mol. The van der Waals surface area contributed by atoms with Crippen LogP contribution in [0.25, 0.3) is 5.53 Å². The van der Waals surface area contributed by atoms with E-state index in [2.05, 4.69) is 4.79 Å². The van der Waals surface area contributed by atoms with E-state index >= 15 is 0 Å². The molecular formula is C13H12ClN3O2. The van der Waals surface area contributed by atoms with Crippen molar-refractivity contribution in [2.45, 2.75) is 19.8 Å². The maximum atomic E-state index is 12.2. The van der Waals surface area contributed by atoms with Crippen LogP contribution in [0, 0.1) is 0 Å². The van der Waals surface area contributed by atoms with Crippen LogP contribution in [0.4, 0.5) is 5.69 Å². The number of amides is 1. The second-order valence-electron chi connectivity index (χ2n) is 4.34. The molecule has 0 N–H and O–H groups in total. The number of hydrogen-bond donors (Lipinski definition) is 0. The predicted octanol–water partition coefficient (Wildman–Crippen LogP) is 1.88. The Hall–Kier alpha value is -1.97.